The van der Waals surface area contributed by atoms with Crippen molar-refractivity contribution in [3.05, 3.63) is 43.2 Å². The quantitative estimate of drug-likeness (QED) is 0.767. The Balaban J connectivity index is 2.43. The number of aliphatic hydroxyl groups excluding tert-OH is 1. The molecule has 0 spiro atoms. The summed E-state index contributed by atoms with van der Waals surface area (Å²) in [7, 11) is 0. The number of aliphatic hydroxyl groups is 1. The predicted molar refractivity (Wildman–Crippen MR) is 67.4 cm³/mol. The second kappa shape index (κ2) is 5.03. The number of rotatable bonds is 3. The molecule has 0 radical (unpaired) electrons. The summed E-state index contributed by atoms with van der Waals surface area (Å²) in [5.74, 6) is -0.259. The van der Waals surface area contributed by atoms with Crippen molar-refractivity contribution in [1.29, 1.82) is 0 Å². The molecule has 18 heavy (non-hydrogen) atoms. The van der Waals surface area contributed by atoms with Crippen LogP contribution in [0, 0.1) is 5.92 Å². The molecule has 1 aromatic heterocycles. The van der Waals surface area contributed by atoms with Crippen molar-refractivity contribution in [2.45, 2.75) is 12.5 Å². The first-order valence-corrected chi connectivity index (χ1v) is 6.14. The fraction of sp³-hybridized carbons (Fsp3) is 0.364. The van der Waals surface area contributed by atoms with E-state index in [-0.39, 0.29) is 23.0 Å². The topological polar surface area (TPSA) is 92.2 Å². The molecule has 2 N–H and O–H groups in total. The van der Waals surface area contributed by atoms with Crippen LogP contribution in [-0.4, -0.2) is 27.6 Å². The van der Waals surface area contributed by atoms with Crippen molar-refractivity contribution in [1.82, 2.24) is 9.55 Å². The van der Waals surface area contributed by atoms with E-state index in [0.717, 1.165) is 0 Å². The molecule has 7 heteroatoms. The average Bonchev–Trinajstić information content (AvgIpc) is 2.76. The van der Waals surface area contributed by atoms with Crippen LogP contribution >= 0.6 is 15.9 Å². The fourth-order valence-electron chi connectivity index (χ4n) is 2.07. The highest BCUT2D eigenvalue weighted by Gasteiger charge is 2.27. The highest BCUT2D eigenvalue weighted by Crippen LogP contribution is 2.31. The number of hydrogen-bond donors (Lipinski definition) is 2. The maximum atomic E-state index is 11.7. The number of aromatic nitrogens is 2. The molecule has 1 heterocycles. The minimum atomic E-state index is -0.534. The van der Waals surface area contributed by atoms with Gasteiger partial charge in [0.15, 0.2) is 0 Å². The van der Waals surface area contributed by atoms with Gasteiger partial charge in [0.1, 0.15) is 6.29 Å². The zero-order chi connectivity index (χ0) is 13.3. The lowest BCUT2D eigenvalue weighted by Crippen LogP contribution is -2.31. The molecule has 2 atom stereocenters. The van der Waals surface area contributed by atoms with E-state index >= 15 is 0 Å². The van der Waals surface area contributed by atoms with Crippen LogP contribution in [0.2, 0.25) is 0 Å². The lowest BCUT2D eigenvalue weighted by Gasteiger charge is -2.13. The number of halogens is 1. The summed E-state index contributed by atoms with van der Waals surface area (Å²) >= 11 is 3.05. The van der Waals surface area contributed by atoms with Crippen molar-refractivity contribution in [3.63, 3.8) is 0 Å². The number of nitrogens with one attached hydrogen (secondary N) is 1. The summed E-state index contributed by atoms with van der Waals surface area (Å²) in [6.07, 6.45) is 4.18. The normalized spacial score (nSPS) is 22.9. The summed E-state index contributed by atoms with van der Waals surface area (Å²) in [4.78, 5) is 35.9. The molecule has 6 nitrogen and oxygen atoms in total. The standard InChI is InChI=1S/C11H11BrN2O4/c12-9-3-14(11(18)13-10(9)17)8-1-6(4-15)7(2-8)5-16/h1,3-4,7-8,16H,2,5H2,(H,13,17,18)/t7-,8+/m1/s1. The Hall–Kier alpha value is -1.47. The average molecular weight is 315 g/mol. The van der Waals surface area contributed by atoms with E-state index in [1.807, 2.05) is 0 Å². The third kappa shape index (κ3) is 2.23. The zero-order valence-corrected chi connectivity index (χ0v) is 10.9. The van der Waals surface area contributed by atoms with Crippen molar-refractivity contribution in [2.75, 3.05) is 6.61 Å². The molecule has 0 saturated heterocycles. The van der Waals surface area contributed by atoms with Gasteiger partial charge in [0.05, 0.1) is 17.1 Å². The van der Waals surface area contributed by atoms with E-state index in [2.05, 4.69) is 20.9 Å². The van der Waals surface area contributed by atoms with E-state index in [4.69, 9.17) is 5.11 Å². The predicted octanol–water partition coefficient (Wildman–Crippen LogP) is -0.0223. The van der Waals surface area contributed by atoms with Gasteiger partial charge in [-0.25, -0.2) is 4.79 Å². The summed E-state index contributed by atoms with van der Waals surface area (Å²) in [5, 5.41) is 9.15. The van der Waals surface area contributed by atoms with Gasteiger partial charge in [-0.2, -0.15) is 0 Å². The number of carbonyl (C=O) groups excluding carboxylic acids is 1. The van der Waals surface area contributed by atoms with Crippen molar-refractivity contribution in [3.8, 4) is 0 Å². The van der Waals surface area contributed by atoms with Crippen LogP contribution in [-0.2, 0) is 4.79 Å². The molecule has 1 aromatic rings. The number of carbonyl (C=O) groups is 1. The van der Waals surface area contributed by atoms with Gasteiger partial charge in [0.2, 0.25) is 0 Å². The number of allylic oxidation sites excluding steroid dienone is 1. The maximum absolute atomic E-state index is 11.7. The molecule has 0 amide bonds. The van der Waals surface area contributed by atoms with Gasteiger partial charge in [-0.15, -0.1) is 0 Å². The van der Waals surface area contributed by atoms with E-state index in [1.54, 1.807) is 6.08 Å². The van der Waals surface area contributed by atoms with E-state index in [9.17, 15) is 14.4 Å². The van der Waals surface area contributed by atoms with Crippen LogP contribution in [0.25, 0.3) is 0 Å². The van der Waals surface area contributed by atoms with E-state index in [0.29, 0.717) is 18.3 Å². The Morgan fingerprint density at radius 2 is 2.28 bits per heavy atom. The number of nitrogens with zero attached hydrogens (tertiary/aromatic N) is 1. The molecule has 1 aliphatic carbocycles. The Bertz CT molecular complexity index is 616. The SMILES string of the molecule is O=CC1=C[C@H](n2cc(Br)c(=O)[nH]c2=O)C[C@@H]1CO. The number of H-pyrrole nitrogens is 1. The molecule has 0 bridgehead atoms. The van der Waals surface area contributed by atoms with Crippen LogP contribution in [0.5, 0.6) is 0 Å². The zero-order valence-electron chi connectivity index (χ0n) is 9.30. The van der Waals surface area contributed by atoms with Gasteiger partial charge in [0.25, 0.3) is 5.56 Å². The third-order valence-electron chi connectivity index (χ3n) is 3.02. The van der Waals surface area contributed by atoms with Crippen molar-refractivity contribution < 1.29 is 9.90 Å². The van der Waals surface area contributed by atoms with Crippen molar-refractivity contribution >= 4 is 22.2 Å². The molecule has 0 fully saturated rings. The molecular weight excluding hydrogens is 304 g/mol. The lowest BCUT2D eigenvalue weighted by molar-refractivity contribution is -0.105. The smallest absolute Gasteiger partial charge is 0.328 e. The monoisotopic (exact) mass is 314 g/mol. The largest absolute Gasteiger partial charge is 0.396 e. The van der Waals surface area contributed by atoms with Crippen LogP contribution in [0.3, 0.4) is 0 Å². The van der Waals surface area contributed by atoms with E-state index in [1.165, 1.54) is 10.8 Å². The van der Waals surface area contributed by atoms with Gasteiger partial charge in [-0.05, 0) is 27.9 Å². The van der Waals surface area contributed by atoms with Crippen molar-refractivity contribution in [2.24, 2.45) is 5.92 Å². The van der Waals surface area contributed by atoms with Crippen LogP contribution in [0.15, 0.2) is 31.9 Å². The molecule has 0 saturated carbocycles. The number of aldehydes is 1. The number of aromatic amines is 1. The first-order valence-electron chi connectivity index (χ1n) is 5.35. The highest BCUT2D eigenvalue weighted by atomic mass is 79.9. The molecule has 0 unspecified atom stereocenters. The van der Waals surface area contributed by atoms with Gasteiger partial charge in [0, 0.05) is 12.1 Å². The van der Waals surface area contributed by atoms with Gasteiger partial charge >= 0.3 is 5.69 Å². The first-order chi connectivity index (χ1) is 8.56. The van der Waals surface area contributed by atoms with Crippen LogP contribution < -0.4 is 11.2 Å². The number of hydrogen-bond acceptors (Lipinski definition) is 4. The molecule has 0 aromatic carbocycles. The summed E-state index contributed by atoms with van der Waals surface area (Å²) in [6, 6.07) is -0.331. The molecule has 96 valence electrons. The minimum Gasteiger partial charge on any atom is -0.396 e. The Kier molecular flexibility index (Phi) is 3.63. The third-order valence-corrected chi connectivity index (χ3v) is 3.59. The van der Waals surface area contributed by atoms with Gasteiger partial charge < -0.3 is 5.11 Å². The Morgan fingerprint density at radius 3 is 2.83 bits per heavy atom. The summed E-state index contributed by atoms with van der Waals surface area (Å²) in [6.45, 7) is -0.139. The Morgan fingerprint density at radius 1 is 1.56 bits per heavy atom. The maximum Gasteiger partial charge on any atom is 0.328 e. The summed E-state index contributed by atoms with van der Waals surface area (Å²) in [5.41, 5.74) is -0.544. The molecular formula is C11H11BrN2O4. The second-order valence-electron chi connectivity index (χ2n) is 4.11. The lowest BCUT2D eigenvalue weighted by atomic mass is 10.0. The molecule has 1 aliphatic rings. The highest BCUT2D eigenvalue weighted by molar-refractivity contribution is 9.10. The van der Waals surface area contributed by atoms with E-state index < -0.39 is 11.2 Å². The van der Waals surface area contributed by atoms with Crippen LogP contribution in [0.1, 0.15) is 12.5 Å². The van der Waals surface area contributed by atoms with Crippen LogP contribution in [0.4, 0.5) is 0 Å². The van der Waals surface area contributed by atoms with Gasteiger partial charge in [-0.3, -0.25) is 19.1 Å². The first kappa shape index (κ1) is 13.0. The summed E-state index contributed by atoms with van der Waals surface area (Å²) < 4.78 is 1.58. The fourth-order valence-corrected chi connectivity index (χ4v) is 2.39. The molecule has 2 rings (SSSR count). The molecule has 0 aliphatic heterocycles. The minimum absolute atomic E-state index is 0.139. The second-order valence-corrected chi connectivity index (χ2v) is 4.96. The van der Waals surface area contributed by atoms with Gasteiger partial charge in [-0.1, -0.05) is 6.08 Å². The Labute approximate surface area is 110 Å².